The number of hydrogen-bond acceptors (Lipinski definition) is 2. The van der Waals surface area contributed by atoms with Crippen molar-refractivity contribution in [1.82, 2.24) is 5.32 Å². The number of aliphatic hydroxyl groups is 1. The number of unbranched alkanes of at least 4 members (excludes halogenated alkanes) is 15. The van der Waals surface area contributed by atoms with Crippen LogP contribution in [0.2, 0.25) is 0 Å². The van der Waals surface area contributed by atoms with Gasteiger partial charge >= 0.3 is 0 Å². The third kappa shape index (κ3) is 21.9. The molecule has 0 saturated heterocycles. The van der Waals surface area contributed by atoms with Gasteiger partial charge in [-0.25, -0.2) is 0 Å². The van der Waals surface area contributed by atoms with Crippen molar-refractivity contribution < 1.29 is 5.11 Å². The van der Waals surface area contributed by atoms with E-state index in [1.807, 2.05) is 0 Å². The van der Waals surface area contributed by atoms with Crippen LogP contribution in [-0.4, -0.2) is 24.3 Å². The van der Waals surface area contributed by atoms with Crippen LogP contribution in [0, 0.1) is 6.92 Å². The van der Waals surface area contributed by atoms with E-state index < -0.39 is 0 Å². The Morgan fingerprint density at radius 1 is 0.680 bits per heavy atom. The largest absolute Gasteiger partial charge is 0.392 e. The number of aliphatic hydroxyl groups excluding tert-OH is 1. The van der Waals surface area contributed by atoms with E-state index in [2.05, 4.69) is 19.2 Å². The molecule has 2 nitrogen and oxygen atoms in total. The smallest absolute Gasteiger partial charge is 0.0664 e. The van der Waals surface area contributed by atoms with Gasteiger partial charge in [-0.1, -0.05) is 117 Å². The van der Waals surface area contributed by atoms with Crippen molar-refractivity contribution in [3.63, 3.8) is 0 Å². The van der Waals surface area contributed by atoms with Crippen LogP contribution in [0.15, 0.2) is 0 Å². The maximum Gasteiger partial charge on any atom is 0.0664 e. The summed E-state index contributed by atoms with van der Waals surface area (Å²) in [5.74, 6) is 0. The van der Waals surface area contributed by atoms with Gasteiger partial charge < -0.3 is 10.4 Å². The summed E-state index contributed by atoms with van der Waals surface area (Å²) >= 11 is 0. The van der Waals surface area contributed by atoms with Gasteiger partial charge in [0.05, 0.1) is 6.10 Å². The molecular weight excluding hydrogens is 306 g/mol. The standard InChI is InChI=1S/C23H48NO/c1-3-5-7-9-11-12-13-15-17-19-21-24-22-23(25)20-18-16-14-10-8-6-4-2/h23-25H,2-22H2,1H3. The van der Waals surface area contributed by atoms with Crippen LogP contribution in [0.3, 0.4) is 0 Å². The molecule has 0 heterocycles. The second-order valence-corrected chi connectivity index (χ2v) is 7.80. The van der Waals surface area contributed by atoms with Gasteiger partial charge in [0, 0.05) is 6.54 Å². The number of rotatable bonds is 21. The van der Waals surface area contributed by atoms with Crippen molar-refractivity contribution >= 4 is 0 Å². The lowest BCUT2D eigenvalue weighted by Crippen LogP contribution is -2.27. The Morgan fingerprint density at radius 2 is 1.16 bits per heavy atom. The zero-order valence-electron chi connectivity index (χ0n) is 17.4. The van der Waals surface area contributed by atoms with Crippen molar-refractivity contribution in [1.29, 1.82) is 0 Å². The molecule has 0 amide bonds. The Balaban J connectivity index is 3.11. The Morgan fingerprint density at radius 3 is 1.72 bits per heavy atom. The van der Waals surface area contributed by atoms with E-state index in [1.54, 1.807) is 0 Å². The normalized spacial score (nSPS) is 12.6. The van der Waals surface area contributed by atoms with E-state index in [9.17, 15) is 5.11 Å². The Labute approximate surface area is 159 Å². The summed E-state index contributed by atoms with van der Waals surface area (Å²) in [6, 6.07) is 0. The quantitative estimate of drug-likeness (QED) is 0.222. The highest BCUT2D eigenvalue weighted by Crippen LogP contribution is 2.11. The lowest BCUT2D eigenvalue weighted by atomic mass is 10.1. The average Bonchev–Trinajstić information content (AvgIpc) is 2.62. The van der Waals surface area contributed by atoms with Crippen LogP contribution in [0.25, 0.3) is 0 Å². The van der Waals surface area contributed by atoms with Gasteiger partial charge in [-0.15, -0.1) is 0 Å². The van der Waals surface area contributed by atoms with Crippen LogP contribution >= 0.6 is 0 Å². The predicted octanol–water partition coefficient (Wildman–Crippen LogP) is 6.81. The summed E-state index contributed by atoms with van der Waals surface area (Å²) < 4.78 is 0. The first kappa shape index (κ1) is 24.9. The monoisotopic (exact) mass is 354 g/mol. The zero-order chi connectivity index (χ0) is 18.4. The molecule has 1 radical (unpaired) electrons. The van der Waals surface area contributed by atoms with E-state index in [1.165, 1.54) is 103 Å². The summed E-state index contributed by atoms with van der Waals surface area (Å²) in [6.45, 7) is 8.00. The molecule has 2 N–H and O–H groups in total. The molecule has 1 unspecified atom stereocenters. The highest BCUT2D eigenvalue weighted by atomic mass is 16.3. The fraction of sp³-hybridized carbons (Fsp3) is 0.957. The van der Waals surface area contributed by atoms with Crippen molar-refractivity contribution in [2.75, 3.05) is 13.1 Å². The lowest BCUT2D eigenvalue weighted by molar-refractivity contribution is 0.158. The van der Waals surface area contributed by atoms with Gasteiger partial charge in [-0.3, -0.25) is 0 Å². The fourth-order valence-electron chi connectivity index (χ4n) is 3.37. The summed E-state index contributed by atoms with van der Waals surface area (Å²) in [7, 11) is 0. The molecule has 0 aromatic heterocycles. The molecular formula is C23H48NO. The Bertz CT molecular complexity index is 232. The van der Waals surface area contributed by atoms with E-state index >= 15 is 0 Å². The maximum atomic E-state index is 9.98. The number of hydrogen-bond donors (Lipinski definition) is 2. The minimum atomic E-state index is -0.150. The van der Waals surface area contributed by atoms with Gasteiger partial charge in [0.1, 0.15) is 0 Å². The SMILES string of the molecule is [CH2]CCCCCCCCC(O)CNCCCCCCCCCCCC. The van der Waals surface area contributed by atoms with Crippen molar-refractivity contribution in [2.24, 2.45) is 0 Å². The molecule has 0 fully saturated rings. The first-order chi connectivity index (χ1) is 12.3. The molecule has 0 saturated carbocycles. The van der Waals surface area contributed by atoms with Crippen LogP contribution in [0.5, 0.6) is 0 Å². The van der Waals surface area contributed by atoms with E-state index in [0.29, 0.717) is 0 Å². The minimum Gasteiger partial charge on any atom is -0.392 e. The molecule has 0 aromatic rings. The van der Waals surface area contributed by atoms with Crippen LogP contribution in [-0.2, 0) is 0 Å². The fourth-order valence-corrected chi connectivity index (χ4v) is 3.37. The number of nitrogens with one attached hydrogen (secondary N) is 1. The van der Waals surface area contributed by atoms with Gasteiger partial charge in [0.2, 0.25) is 0 Å². The highest BCUT2D eigenvalue weighted by molar-refractivity contribution is 4.60. The lowest BCUT2D eigenvalue weighted by Gasteiger charge is -2.11. The first-order valence-corrected chi connectivity index (χ1v) is 11.5. The Hall–Kier alpha value is -0.0800. The van der Waals surface area contributed by atoms with Crippen LogP contribution < -0.4 is 5.32 Å². The van der Waals surface area contributed by atoms with E-state index in [-0.39, 0.29) is 6.10 Å². The molecule has 2 heteroatoms. The van der Waals surface area contributed by atoms with Gasteiger partial charge in [0.15, 0.2) is 0 Å². The summed E-state index contributed by atoms with van der Waals surface area (Å²) in [5, 5.41) is 13.4. The average molecular weight is 355 g/mol. The topological polar surface area (TPSA) is 32.3 Å². The van der Waals surface area contributed by atoms with Crippen molar-refractivity contribution in [3.05, 3.63) is 6.92 Å². The van der Waals surface area contributed by atoms with E-state index in [4.69, 9.17) is 0 Å². The van der Waals surface area contributed by atoms with Gasteiger partial charge in [0.25, 0.3) is 0 Å². The molecule has 1 atom stereocenters. The molecule has 0 aromatic carbocycles. The minimum absolute atomic E-state index is 0.150. The summed E-state index contributed by atoms with van der Waals surface area (Å²) in [6.07, 6.45) is 23.4. The second kappa shape index (κ2) is 22.0. The third-order valence-electron chi connectivity index (χ3n) is 5.12. The molecule has 151 valence electrons. The molecule has 0 aliphatic carbocycles. The second-order valence-electron chi connectivity index (χ2n) is 7.80. The molecule has 25 heavy (non-hydrogen) atoms. The van der Waals surface area contributed by atoms with Gasteiger partial charge in [-0.2, -0.15) is 0 Å². The molecule has 0 bridgehead atoms. The van der Waals surface area contributed by atoms with Crippen molar-refractivity contribution in [2.45, 2.75) is 129 Å². The molecule has 0 aliphatic heterocycles. The zero-order valence-corrected chi connectivity index (χ0v) is 17.4. The van der Waals surface area contributed by atoms with E-state index in [0.717, 1.165) is 25.9 Å². The van der Waals surface area contributed by atoms with Crippen LogP contribution in [0.1, 0.15) is 122 Å². The van der Waals surface area contributed by atoms with Crippen LogP contribution in [0.4, 0.5) is 0 Å². The van der Waals surface area contributed by atoms with Gasteiger partial charge in [-0.05, 0) is 19.4 Å². The summed E-state index contributed by atoms with van der Waals surface area (Å²) in [5.41, 5.74) is 0. The molecule has 0 aliphatic rings. The molecule has 0 rings (SSSR count). The molecule has 0 spiro atoms. The Kier molecular flexibility index (Phi) is 21.9. The summed E-state index contributed by atoms with van der Waals surface area (Å²) in [4.78, 5) is 0. The third-order valence-corrected chi connectivity index (χ3v) is 5.12. The first-order valence-electron chi connectivity index (χ1n) is 11.5. The maximum absolute atomic E-state index is 9.98. The highest BCUT2D eigenvalue weighted by Gasteiger charge is 2.03. The van der Waals surface area contributed by atoms with Crippen molar-refractivity contribution in [3.8, 4) is 0 Å². The predicted molar refractivity (Wildman–Crippen MR) is 113 cm³/mol.